The molecule has 0 aromatic heterocycles. The summed E-state index contributed by atoms with van der Waals surface area (Å²) < 4.78 is 0. The molecule has 0 heterocycles. The Balaban J connectivity index is 4.37. The Hall–Kier alpha value is -0.220. The highest BCUT2D eigenvalue weighted by Gasteiger charge is 2.36. The van der Waals surface area contributed by atoms with E-state index in [9.17, 15) is 4.79 Å². The molecule has 0 aromatic rings. The van der Waals surface area contributed by atoms with Crippen LogP contribution in [0.5, 0.6) is 0 Å². The summed E-state index contributed by atoms with van der Waals surface area (Å²) in [6, 6.07) is 0. The van der Waals surface area contributed by atoms with Crippen LogP contribution < -0.4 is 0 Å². The van der Waals surface area contributed by atoms with Crippen molar-refractivity contribution in [2.45, 2.75) is 6.42 Å². The maximum absolute atomic E-state index is 10.5. The lowest BCUT2D eigenvalue weighted by Crippen LogP contribution is -2.19. The Kier molecular flexibility index (Phi) is 7.88. The second-order valence-electron chi connectivity index (χ2n) is 3.55. The van der Waals surface area contributed by atoms with Gasteiger partial charge in [0.25, 0.3) is 0 Å². The molecule has 0 rings (SSSR count). The maximum atomic E-state index is 10.5. The van der Waals surface area contributed by atoms with Gasteiger partial charge in [-0.2, -0.15) is 0 Å². The van der Waals surface area contributed by atoms with E-state index in [1.54, 1.807) is 0 Å². The first-order chi connectivity index (χ1) is 7.10. The van der Waals surface area contributed by atoms with E-state index in [-0.39, 0.29) is 26.2 Å². The van der Waals surface area contributed by atoms with Crippen molar-refractivity contribution in [1.82, 2.24) is 0 Å². The molecule has 0 amide bonds. The summed E-state index contributed by atoms with van der Waals surface area (Å²) in [5, 5.41) is 35.4. The van der Waals surface area contributed by atoms with Gasteiger partial charge in [-0.3, -0.25) is 4.79 Å². The molecule has 0 spiro atoms. The van der Waals surface area contributed by atoms with Crippen molar-refractivity contribution >= 4 is 13.2 Å². The number of carboxylic acid groups (broad SMARTS) is 1. The number of hydrogen-bond donors (Lipinski definition) is 4. The second kappa shape index (κ2) is 7.99. The highest BCUT2D eigenvalue weighted by atomic mass is 31.2. The molecule has 0 fully saturated rings. The van der Waals surface area contributed by atoms with E-state index < -0.39 is 13.2 Å². The van der Waals surface area contributed by atoms with Crippen LogP contribution in [-0.4, -0.2) is 70.9 Å². The Morgan fingerprint density at radius 3 is 1.53 bits per heavy atom. The topological polar surface area (TPSA) is 98.0 Å². The zero-order valence-electron chi connectivity index (χ0n) is 8.80. The summed E-state index contributed by atoms with van der Waals surface area (Å²) in [6.45, 7) is -0.0197. The first-order valence-corrected chi connectivity index (χ1v) is 7.52. The highest BCUT2D eigenvalue weighted by Crippen LogP contribution is 2.58. The molecule has 0 saturated carbocycles. The fourth-order valence-corrected chi connectivity index (χ4v) is 4.92. The molecule has 90 valence electrons. The molecule has 0 aromatic carbocycles. The first kappa shape index (κ1) is 14.8. The van der Waals surface area contributed by atoms with Crippen molar-refractivity contribution in [1.29, 1.82) is 0 Å². The minimum absolute atomic E-state index is 0.00655. The predicted octanol–water partition coefficient (Wildman–Crippen LogP) is -0.544. The minimum Gasteiger partial charge on any atom is -0.481 e. The summed E-state index contributed by atoms with van der Waals surface area (Å²) in [5.74, 6) is -0.867. The molecule has 0 aliphatic heterocycles. The van der Waals surface area contributed by atoms with Crippen molar-refractivity contribution < 1.29 is 25.2 Å². The van der Waals surface area contributed by atoms with Crippen LogP contribution in [0, 0.1) is 0 Å². The number of aliphatic hydroxyl groups excluding tert-OH is 3. The molecule has 0 saturated heterocycles. The number of carbonyl (C=O) groups is 1. The predicted molar refractivity (Wildman–Crippen MR) is 59.9 cm³/mol. The third kappa shape index (κ3) is 6.05. The van der Waals surface area contributed by atoms with Crippen LogP contribution in [0.1, 0.15) is 6.42 Å². The average molecular weight is 239 g/mol. The maximum Gasteiger partial charge on any atom is 0.307 e. The zero-order valence-corrected chi connectivity index (χ0v) is 9.70. The second-order valence-corrected chi connectivity index (χ2v) is 8.02. The third-order valence-electron chi connectivity index (χ3n) is 2.52. The quantitative estimate of drug-likeness (QED) is 0.405. The molecule has 0 unspecified atom stereocenters. The van der Waals surface area contributed by atoms with Crippen molar-refractivity contribution in [3.05, 3.63) is 0 Å². The molecular weight excluding hydrogens is 219 g/mol. The molecule has 15 heavy (non-hydrogen) atoms. The van der Waals surface area contributed by atoms with Gasteiger partial charge in [-0.25, -0.2) is 0 Å². The van der Waals surface area contributed by atoms with Gasteiger partial charge < -0.3 is 20.4 Å². The van der Waals surface area contributed by atoms with Crippen LogP contribution >= 0.6 is 7.26 Å². The van der Waals surface area contributed by atoms with Gasteiger partial charge in [0.05, 0.1) is 50.9 Å². The summed E-state index contributed by atoms with van der Waals surface area (Å²) in [5.41, 5.74) is 0. The molecule has 0 aliphatic carbocycles. The molecule has 6 heteroatoms. The number of rotatable bonds is 9. The summed E-state index contributed by atoms with van der Waals surface area (Å²) in [6.07, 6.45) is 2.13. The van der Waals surface area contributed by atoms with Crippen LogP contribution in [0.2, 0.25) is 0 Å². The number of aliphatic carboxylic acids is 1. The van der Waals surface area contributed by atoms with Crippen LogP contribution in [0.15, 0.2) is 0 Å². The molecular formula is C9H20O5P+. The van der Waals surface area contributed by atoms with Crippen LogP contribution in [-0.2, 0) is 4.79 Å². The lowest BCUT2D eigenvalue weighted by atomic mass is 10.5. The monoisotopic (exact) mass is 239 g/mol. The number of carboxylic acids is 1. The zero-order chi connectivity index (χ0) is 11.7. The SMILES string of the molecule is O=C(O)CC[P+](CCO)(CCO)CCO. The van der Waals surface area contributed by atoms with E-state index in [1.165, 1.54) is 0 Å². The summed E-state index contributed by atoms with van der Waals surface area (Å²) in [7, 11) is -1.68. The van der Waals surface area contributed by atoms with E-state index >= 15 is 0 Å². The van der Waals surface area contributed by atoms with Crippen molar-refractivity contribution in [3.8, 4) is 0 Å². The number of hydrogen-bond acceptors (Lipinski definition) is 4. The van der Waals surface area contributed by atoms with Crippen LogP contribution in [0.25, 0.3) is 0 Å². The van der Waals surface area contributed by atoms with Gasteiger partial charge in [0, 0.05) is 7.26 Å². The van der Waals surface area contributed by atoms with Crippen molar-refractivity contribution in [3.63, 3.8) is 0 Å². The van der Waals surface area contributed by atoms with E-state index in [0.717, 1.165) is 0 Å². The van der Waals surface area contributed by atoms with Gasteiger partial charge in [-0.05, 0) is 0 Å². The average Bonchev–Trinajstić information content (AvgIpc) is 2.16. The van der Waals surface area contributed by atoms with Crippen molar-refractivity contribution in [2.75, 3.05) is 44.5 Å². The van der Waals surface area contributed by atoms with Gasteiger partial charge in [0.1, 0.15) is 0 Å². The lowest BCUT2D eigenvalue weighted by Gasteiger charge is -2.25. The molecule has 0 atom stereocenters. The van der Waals surface area contributed by atoms with E-state index in [0.29, 0.717) is 24.6 Å². The van der Waals surface area contributed by atoms with Gasteiger partial charge in [-0.1, -0.05) is 0 Å². The smallest absolute Gasteiger partial charge is 0.307 e. The van der Waals surface area contributed by atoms with Gasteiger partial charge in [0.15, 0.2) is 0 Å². The molecule has 5 nitrogen and oxygen atoms in total. The van der Waals surface area contributed by atoms with Crippen LogP contribution in [0.3, 0.4) is 0 Å². The van der Waals surface area contributed by atoms with Crippen molar-refractivity contribution in [2.24, 2.45) is 0 Å². The van der Waals surface area contributed by atoms with Crippen LogP contribution in [0.4, 0.5) is 0 Å². The largest absolute Gasteiger partial charge is 0.481 e. The summed E-state index contributed by atoms with van der Waals surface area (Å²) in [4.78, 5) is 10.5. The minimum atomic E-state index is -1.68. The third-order valence-corrected chi connectivity index (χ3v) is 7.14. The Labute approximate surface area is 90.1 Å². The normalized spacial score (nSPS) is 11.7. The fourth-order valence-electron chi connectivity index (χ4n) is 1.64. The molecule has 0 bridgehead atoms. The standard InChI is InChI=1S/C9H19O5P/c10-2-6-15(7-3-11,8-4-12)5-1-9(13)14/h10-12H,1-8H2/p+1. The molecule has 0 aliphatic rings. The Morgan fingerprint density at radius 1 is 0.867 bits per heavy atom. The van der Waals surface area contributed by atoms with Gasteiger partial charge in [-0.15, -0.1) is 0 Å². The van der Waals surface area contributed by atoms with E-state index in [1.807, 2.05) is 0 Å². The lowest BCUT2D eigenvalue weighted by molar-refractivity contribution is -0.136. The summed E-state index contributed by atoms with van der Waals surface area (Å²) >= 11 is 0. The fraction of sp³-hybridized carbons (Fsp3) is 0.889. The molecule has 0 radical (unpaired) electrons. The van der Waals surface area contributed by atoms with Gasteiger partial charge >= 0.3 is 5.97 Å². The Morgan fingerprint density at radius 2 is 1.27 bits per heavy atom. The molecule has 4 N–H and O–H groups in total. The van der Waals surface area contributed by atoms with Gasteiger partial charge in [0.2, 0.25) is 0 Å². The Bertz CT molecular complexity index is 168. The number of aliphatic hydroxyl groups is 3. The van der Waals surface area contributed by atoms with E-state index in [4.69, 9.17) is 20.4 Å². The highest BCUT2D eigenvalue weighted by molar-refractivity contribution is 7.76. The first-order valence-electron chi connectivity index (χ1n) is 4.99. The van der Waals surface area contributed by atoms with E-state index in [2.05, 4.69) is 0 Å².